The molecule has 0 radical (unpaired) electrons. The van der Waals surface area contributed by atoms with Crippen LogP contribution in [0.4, 0.5) is 0 Å². The first kappa shape index (κ1) is 19.4. The zero-order valence-electron chi connectivity index (χ0n) is 17.2. The summed E-state index contributed by atoms with van der Waals surface area (Å²) >= 11 is 0. The van der Waals surface area contributed by atoms with Crippen LogP contribution in [0.2, 0.25) is 0 Å². The number of carbonyl (C=O) groups is 2. The lowest BCUT2D eigenvalue weighted by atomic mass is 9.76. The van der Waals surface area contributed by atoms with Crippen LogP contribution in [0.25, 0.3) is 11.3 Å². The Balaban J connectivity index is 1.19. The van der Waals surface area contributed by atoms with Crippen LogP contribution in [0.5, 0.6) is 0 Å². The van der Waals surface area contributed by atoms with E-state index in [-0.39, 0.29) is 18.0 Å². The molecule has 3 aliphatic rings. The zero-order chi connectivity index (χ0) is 20.6. The van der Waals surface area contributed by atoms with Gasteiger partial charge in [-0.15, -0.1) is 0 Å². The van der Waals surface area contributed by atoms with E-state index in [0.717, 1.165) is 37.4 Å². The predicted octanol–water partition coefficient (Wildman–Crippen LogP) is 3.58. The SMILES string of the molecule is O=C(c1ccc(-c2ccco2)cc1)N1CCC2(CC1)CC(CN1CCCC1)OC2=O. The van der Waals surface area contributed by atoms with Gasteiger partial charge in [-0.2, -0.15) is 0 Å². The molecule has 3 saturated heterocycles. The maximum Gasteiger partial charge on any atom is 0.312 e. The van der Waals surface area contributed by atoms with Crippen molar-refractivity contribution < 1.29 is 18.7 Å². The maximum atomic E-state index is 13.0. The largest absolute Gasteiger partial charge is 0.464 e. The fraction of sp³-hybridized carbons (Fsp3) is 0.500. The Kier molecular flexibility index (Phi) is 5.11. The van der Waals surface area contributed by atoms with Crippen molar-refractivity contribution in [2.24, 2.45) is 5.41 Å². The predicted molar refractivity (Wildman–Crippen MR) is 112 cm³/mol. The third-order valence-corrected chi connectivity index (χ3v) is 6.93. The Labute approximate surface area is 176 Å². The van der Waals surface area contributed by atoms with Gasteiger partial charge in [-0.05, 0) is 63.0 Å². The molecule has 1 atom stereocenters. The second kappa shape index (κ2) is 7.91. The molecule has 3 aliphatic heterocycles. The number of hydrogen-bond acceptors (Lipinski definition) is 5. The second-order valence-corrected chi connectivity index (χ2v) is 8.87. The van der Waals surface area contributed by atoms with E-state index in [2.05, 4.69) is 4.90 Å². The van der Waals surface area contributed by atoms with Crippen molar-refractivity contribution in [2.75, 3.05) is 32.7 Å². The molecule has 2 aromatic rings. The van der Waals surface area contributed by atoms with E-state index in [4.69, 9.17) is 9.15 Å². The van der Waals surface area contributed by atoms with E-state index >= 15 is 0 Å². The standard InChI is InChI=1S/C24H28N2O4/c27-22(19-7-5-18(6-8-19)21-4-3-15-29-21)26-13-9-24(10-14-26)16-20(30-23(24)28)17-25-11-1-2-12-25/h3-8,15,20H,1-2,9-14,16-17H2. The monoisotopic (exact) mass is 408 g/mol. The highest BCUT2D eigenvalue weighted by atomic mass is 16.6. The molecule has 0 aliphatic carbocycles. The van der Waals surface area contributed by atoms with Crippen LogP contribution >= 0.6 is 0 Å². The lowest BCUT2D eigenvalue weighted by Crippen LogP contribution is -2.45. The lowest BCUT2D eigenvalue weighted by molar-refractivity contribution is -0.150. The van der Waals surface area contributed by atoms with Crippen molar-refractivity contribution in [1.82, 2.24) is 9.80 Å². The summed E-state index contributed by atoms with van der Waals surface area (Å²) in [6, 6.07) is 11.3. The first-order valence-electron chi connectivity index (χ1n) is 11.0. The minimum atomic E-state index is -0.398. The fourth-order valence-corrected chi connectivity index (χ4v) is 5.14. The van der Waals surface area contributed by atoms with Crippen LogP contribution in [-0.4, -0.2) is 60.5 Å². The highest BCUT2D eigenvalue weighted by Crippen LogP contribution is 2.43. The van der Waals surface area contributed by atoms with Crippen LogP contribution in [0, 0.1) is 5.41 Å². The third-order valence-electron chi connectivity index (χ3n) is 6.93. The van der Waals surface area contributed by atoms with Gasteiger partial charge in [0.2, 0.25) is 0 Å². The average molecular weight is 408 g/mol. The second-order valence-electron chi connectivity index (χ2n) is 8.87. The van der Waals surface area contributed by atoms with Gasteiger partial charge in [0.05, 0.1) is 11.7 Å². The number of rotatable bonds is 4. The molecule has 1 unspecified atom stereocenters. The summed E-state index contributed by atoms with van der Waals surface area (Å²) in [6.07, 6.45) is 6.31. The Morgan fingerprint density at radius 1 is 1.03 bits per heavy atom. The van der Waals surface area contributed by atoms with Gasteiger partial charge in [0.1, 0.15) is 11.9 Å². The van der Waals surface area contributed by atoms with Gasteiger partial charge in [0.25, 0.3) is 5.91 Å². The Hall–Kier alpha value is -2.60. The molecule has 1 amide bonds. The van der Waals surface area contributed by atoms with Gasteiger partial charge in [-0.25, -0.2) is 0 Å². The number of carbonyl (C=O) groups excluding carboxylic acids is 2. The van der Waals surface area contributed by atoms with Gasteiger partial charge in [0.15, 0.2) is 0 Å². The summed E-state index contributed by atoms with van der Waals surface area (Å²) in [5.41, 5.74) is 1.22. The zero-order valence-corrected chi connectivity index (χ0v) is 17.2. The summed E-state index contributed by atoms with van der Waals surface area (Å²) in [5, 5.41) is 0. The molecule has 0 N–H and O–H groups in total. The number of furan rings is 1. The molecule has 1 aromatic carbocycles. The van der Waals surface area contributed by atoms with E-state index in [1.807, 2.05) is 41.3 Å². The maximum absolute atomic E-state index is 13.0. The Morgan fingerprint density at radius 2 is 1.77 bits per heavy atom. The molecule has 158 valence electrons. The molecule has 0 saturated carbocycles. The highest BCUT2D eigenvalue weighted by Gasteiger charge is 2.51. The smallest absolute Gasteiger partial charge is 0.312 e. The summed E-state index contributed by atoms with van der Waals surface area (Å²) in [4.78, 5) is 29.9. The van der Waals surface area contributed by atoms with E-state index in [1.165, 1.54) is 12.8 Å². The van der Waals surface area contributed by atoms with Crippen molar-refractivity contribution >= 4 is 11.9 Å². The summed E-state index contributed by atoms with van der Waals surface area (Å²) in [6.45, 7) is 4.29. The molecule has 1 aromatic heterocycles. The first-order chi connectivity index (χ1) is 14.6. The third kappa shape index (κ3) is 3.65. The number of ether oxygens (including phenoxy) is 1. The minimum absolute atomic E-state index is 0.00648. The molecule has 5 rings (SSSR count). The molecule has 4 heterocycles. The molecule has 30 heavy (non-hydrogen) atoms. The summed E-state index contributed by atoms with van der Waals surface area (Å²) < 4.78 is 11.2. The number of piperidine rings is 1. The van der Waals surface area contributed by atoms with E-state index in [0.29, 0.717) is 31.5 Å². The molecule has 6 heteroatoms. The van der Waals surface area contributed by atoms with Crippen molar-refractivity contribution in [2.45, 2.75) is 38.2 Å². The van der Waals surface area contributed by atoms with Crippen molar-refractivity contribution in [1.29, 1.82) is 0 Å². The Morgan fingerprint density at radius 3 is 2.43 bits per heavy atom. The first-order valence-corrected chi connectivity index (χ1v) is 11.0. The number of cyclic esters (lactones) is 1. The number of hydrogen-bond donors (Lipinski definition) is 0. The topological polar surface area (TPSA) is 63.0 Å². The van der Waals surface area contributed by atoms with E-state index < -0.39 is 5.41 Å². The lowest BCUT2D eigenvalue weighted by Gasteiger charge is -2.36. The number of nitrogens with zero attached hydrogens (tertiary/aromatic N) is 2. The van der Waals surface area contributed by atoms with Crippen LogP contribution < -0.4 is 0 Å². The van der Waals surface area contributed by atoms with Gasteiger partial charge in [0, 0.05) is 37.2 Å². The van der Waals surface area contributed by atoms with Crippen LogP contribution in [0.15, 0.2) is 47.1 Å². The summed E-state index contributed by atoms with van der Waals surface area (Å²) in [5.74, 6) is 0.759. The molecular weight excluding hydrogens is 380 g/mol. The quantitative estimate of drug-likeness (QED) is 0.724. The number of likely N-dealkylation sites (tertiary alicyclic amines) is 2. The number of esters is 1. The molecule has 0 bridgehead atoms. The van der Waals surface area contributed by atoms with Gasteiger partial charge >= 0.3 is 5.97 Å². The fourth-order valence-electron chi connectivity index (χ4n) is 5.14. The molecular formula is C24H28N2O4. The van der Waals surface area contributed by atoms with Crippen molar-refractivity contribution in [3.05, 3.63) is 48.2 Å². The Bertz CT molecular complexity index is 892. The normalized spacial score (nSPS) is 23.8. The average Bonchev–Trinajstić information content (AvgIpc) is 3.52. The van der Waals surface area contributed by atoms with Crippen molar-refractivity contribution in [3.8, 4) is 11.3 Å². The molecule has 6 nitrogen and oxygen atoms in total. The summed E-state index contributed by atoms with van der Waals surface area (Å²) in [7, 11) is 0. The van der Waals surface area contributed by atoms with E-state index in [9.17, 15) is 9.59 Å². The molecule has 1 spiro atoms. The van der Waals surface area contributed by atoms with Gasteiger partial charge in [-0.3, -0.25) is 14.5 Å². The van der Waals surface area contributed by atoms with Crippen LogP contribution in [0.3, 0.4) is 0 Å². The highest BCUT2D eigenvalue weighted by molar-refractivity contribution is 5.95. The number of benzene rings is 1. The van der Waals surface area contributed by atoms with Gasteiger partial charge in [-0.1, -0.05) is 12.1 Å². The van der Waals surface area contributed by atoms with Gasteiger partial charge < -0.3 is 14.1 Å². The van der Waals surface area contributed by atoms with Crippen molar-refractivity contribution in [3.63, 3.8) is 0 Å². The molecule has 3 fully saturated rings. The van der Waals surface area contributed by atoms with Crippen LogP contribution in [0.1, 0.15) is 42.5 Å². The van der Waals surface area contributed by atoms with Crippen LogP contribution in [-0.2, 0) is 9.53 Å². The number of amides is 1. The van der Waals surface area contributed by atoms with E-state index in [1.54, 1.807) is 6.26 Å². The minimum Gasteiger partial charge on any atom is -0.464 e.